The van der Waals surface area contributed by atoms with Gasteiger partial charge < -0.3 is 14.8 Å². The van der Waals surface area contributed by atoms with Gasteiger partial charge in [-0.2, -0.15) is 0 Å². The fourth-order valence-corrected chi connectivity index (χ4v) is 4.52. The van der Waals surface area contributed by atoms with Gasteiger partial charge in [-0.3, -0.25) is 9.59 Å². The van der Waals surface area contributed by atoms with E-state index in [1.807, 2.05) is 40.6 Å². The van der Waals surface area contributed by atoms with Crippen molar-refractivity contribution in [3.63, 3.8) is 0 Å². The summed E-state index contributed by atoms with van der Waals surface area (Å²) in [5.74, 6) is 0.956. The molecule has 0 atom stereocenters. The summed E-state index contributed by atoms with van der Waals surface area (Å²) in [5.41, 5.74) is 2.05. The zero-order valence-electron chi connectivity index (χ0n) is 15.9. The first-order valence-electron chi connectivity index (χ1n) is 9.72. The highest BCUT2D eigenvalue weighted by Crippen LogP contribution is 2.21. The van der Waals surface area contributed by atoms with Gasteiger partial charge in [-0.1, -0.05) is 18.2 Å². The highest BCUT2D eigenvalue weighted by molar-refractivity contribution is 7.12. The van der Waals surface area contributed by atoms with Crippen LogP contribution in [-0.2, 0) is 17.9 Å². The summed E-state index contributed by atoms with van der Waals surface area (Å²) in [6.45, 7) is 4.58. The van der Waals surface area contributed by atoms with Crippen LogP contribution in [-0.4, -0.2) is 39.4 Å². The van der Waals surface area contributed by atoms with Crippen molar-refractivity contribution >= 4 is 34.2 Å². The number of aromatic nitrogens is 2. The van der Waals surface area contributed by atoms with E-state index in [0.29, 0.717) is 32.5 Å². The molecule has 4 rings (SSSR count). The number of para-hydroxylation sites is 2. The highest BCUT2D eigenvalue weighted by Gasteiger charge is 2.28. The summed E-state index contributed by atoms with van der Waals surface area (Å²) < 4.78 is 2.14. The minimum atomic E-state index is -0.0492. The van der Waals surface area contributed by atoms with Crippen LogP contribution in [0.2, 0.25) is 0 Å². The van der Waals surface area contributed by atoms with E-state index in [4.69, 9.17) is 0 Å². The Balaban J connectivity index is 1.33. The van der Waals surface area contributed by atoms with Crippen LogP contribution < -0.4 is 5.32 Å². The van der Waals surface area contributed by atoms with Gasteiger partial charge in [0.15, 0.2) is 0 Å². The molecule has 1 fully saturated rings. The number of piperidine rings is 1. The molecule has 0 aliphatic carbocycles. The molecule has 1 N–H and O–H groups in total. The number of likely N-dealkylation sites (tertiary alicyclic amines) is 1. The number of imidazole rings is 1. The van der Waals surface area contributed by atoms with Crippen LogP contribution in [0.5, 0.6) is 0 Å². The lowest BCUT2D eigenvalue weighted by atomic mass is 9.96. The molecule has 0 bridgehead atoms. The Morgan fingerprint density at radius 1 is 1.18 bits per heavy atom. The molecule has 3 heterocycles. The number of nitrogens with zero attached hydrogens (tertiary/aromatic N) is 3. The van der Waals surface area contributed by atoms with Crippen molar-refractivity contribution in [2.75, 3.05) is 13.1 Å². The van der Waals surface area contributed by atoms with Crippen molar-refractivity contribution in [3.8, 4) is 0 Å². The summed E-state index contributed by atoms with van der Waals surface area (Å²) >= 11 is 1.46. The van der Waals surface area contributed by atoms with Crippen molar-refractivity contribution in [2.24, 2.45) is 5.92 Å². The van der Waals surface area contributed by atoms with Crippen LogP contribution in [0.15, 0.2) is 41.8 Å². The number of fused-ring (bicyclic) bond motifs is 1. The standard InChI is InChI=1S/C21H24N4O2S/c1-2-25-17-7-4-3-6-16(17)23-19(25)14-22-20(26)15-9-11-24(12-10-15)21(27)18-8-5-13-28-18/h3-8,13,15H,2,9-12,14H2,1H3,(H,22,26). The van der Waals surface area contributed by atoms with E-state index in [9.17, 15) is 9.59 Å². The molecule has 2 aromatic heterocycles. The van der Waals surface area contributed by atoms with Gasteiger partial charge in [-0.25, -0.2) is 4.98 Å². The Kier molecular flexibility index (Phi) is 5.43. The molecule has 28 heavy (non-hydrogen) atoms. The largest absolute Gasteiger partial charge is 0.349 e. The number of benzene rings is 1. The molecule has 2 amide bonds. The average molecular weight is 397 g/mol. The number of hydrogen-bond acceptors (Lipinski definition) is 4. The molecule has 0 unspecified atom stereocenters. The van der Waals surface area contributed by atoms with Crippen LogP contribution in [0.3, 0.4) is 0 Å². The number of nitrogens with one attached hydrogen (secondary N) is 1. The molecule has 0 radical (unpaired) electrons. The second-order valence-electron chi connectivity index (χ2n) is 7.02. The predicted octanol–water partition coefficient (Wildman–Crippen LogP) is 3.29. The Hall–Kier alpha value is -2.67. The number of carbonyl (C=O) groups is 2. The zero-order valence-corrected chi connectivity index (χ0v) is 16.7. The minimum Gasteiger partial charge on any atom is -0.349 e. The summed E-state index contributed by atoms with van der Waals surface area (Å²) in [6, 6.07) is 11.8. The lowest BCUT2D eigenvalue weighted by Gasteiger charge is -2.31. The second-order valence-corrected chi connectivity index (χ2v) is 7.97. The van der Waals surface area contributed by atoms with Crippen LogP contribution in [0.1, 0.15) is 35.3 Å². The molecule has 0 spiro atoms. The molecule has 1 aromatic carbocycles. The Labute approximate surface area is 168 Å². The summed E-state index contributed by atoms with van der Waals surface area (Å²) in [5, 5.41) is 4.97. The topological polar surface area (TPSA) is 67.2 Å². The van der Waals surface area contributed by atoms with Crippen molar-refractivity contribution in [3.05, 3.63) is 52.5 Å². The first-order chi connectivity index (χ1) is 13.7. The van der Waals surface area contributed by atoms with E-state index in [2.05, 4.69) is 27.9 Å². The van der Waals surface area contributed by atoms with Gasteiger partial charge in [0, 0.05) is 25.6 Å². The molecular formula is C21H24N4O2S. The SMILES string of the molecule is CCn1c(CNC(=O)C2CCN(C(=O)c3cccs3)CC2)nc2ccccc21. The number of rotatable bonds is 5. The Morgan fingerprint density at radius 2 is 1.96 bits per heavy atom. The maximum absolute atomic E-state index is 12.6. The fraction of sp³-hybridized carbons (Fsp3) is 0.381. The highest BCUT2D eigenvalue weighted by atomic mass is 32.1. The number of thiophene rings is 1. The van der Waals surface area contributed by atoms with E-state index in [-0.39, 0.29) is 17.7 Å². The number of hydrogen-bond donors (Lipinski definition) is 1. The van der Waals surface area contributed by atoms with Crippen molar-refractivity contribution in [2.45, 2.75) is 32.9 Å². The first-order valence-corrected chi connectivity index (χ1v) is 10.6. The Bertz CT molecular complexity index is 972. The van der Waals surface area contributed by atoms with Crippen LogP contribution >= 0.6 is 11.3 Å². The van der Waals surface area contributed by atoms with E-state index in [1.165, 1.54) is 11.3 Å². The smallest absolute Gasteiger partial charge is 0.263 e. The van der Waals surface area contributed by atoms with Gasteiger partial charge in [0.2, 0.25) is 5.91 Å². The molecule has 1 saturated heterocycles. The third-order valence-electron chi connectivity index (χ3n) is 5.36. The molecule has 146 valence electrons. The van der Waals surface area contributed by atoms with Crippen molar-refractivity contribution in [1.29, 1.82) is 0 Å². The molecule has 1 aliphatic heterocycles. The molecule has 3 aromatic rings. The average Bonchev–Trinajstić information content (AvgIpc) is 3.39. The number of aryl methyl sites for hydroxylation is 1. The minimum absolute atomic E-state index is 0.0492. The normalized spacial score (nSPS) is 15.1. The predicted molar refractivity (Wildman–Crippen MR) is 110 cm³/mol. The summed E-state index contributed by atoms with van der Waals surface area (Å²) in [7, 11) is 0. The van der Waals surface area contributed by atoms with Crippen molar-refractivity contribution in [1.82, 2.24) is 19.8 Å². The maximum atomic E-state index is 12.6. The third-order valence-corrected chi connectivity index (χ3v) is 6.21. The van der Waals surface area contributed by atoms with Crippen molar-refractivity contribution < 1.29 is 9.59 Å². The zero-order chi connectivity index (χ0) is 19.5. The quantitative estimate of drug-likeness (QED) is 0.720. The van der Waals surface area contributed by atoms with Crippen LogP contribution in [0.4, 0.5) is 0 Å². The molecule has 0 saturated carbocycles. The van der Waals surface area contributed by atoms with Gasteiger partial charge >= 0.3 is 0 Å². The molecule has 6 nitrogen and oxygen atoms in total. The lowest BCUT2D eigenvalue weighted by molar-refractivity contribution is -0.126. The van der Waals surface area contributed by atoms with E-state index < -0.39 is 0 Å². The van der Waals surface area contributed by atoms with Crippen LogP contribution in [0.25, 0.3) is 11.0 Å². The van der Waals surface area contributed by atoms with Gasteiger partial charge in [0.05, 0.1) is 22.5 Å². The second kappa shape index (κ2) is 8.14. The van der Waals surface area contributed by atoms with Gasteiger partial charge in [0.1, 0.15) is 5.82 Å². The van der Waals surface area contributed by atoms with E-state index >= 15 is 0 Å². The summed E-state index contributed by atoms with van der Waals surface area (Å²) in [6.07, 6.45) is 1.40. The van der Waals surface area contributed by atoms with Gasteiger partial charge in [-0.15, -0.1) is 11.3 Å². The van der Waals surface area contributed by atoms with Crippen LogP contribution in [0, 0.1) is 5.92 Å². The van der Waals surface area contributed by atoms with Gasteiger partial charge in [-0.05, 0) is 43.3 Å². The maximum Gasteiger partial charge on any atom is 0.263 e. The van der Waals surface area contributed by atoms with E-state index in [0.717, 1.165) is 28.3 Å². The van der Waals surface area contributed by atoms with E-state index in [1.54, 1.807) is 0 Å². The number of amides is 2. The monoisotopic (exact) mass is 396 g/mol. The Morgan fingerprint density at radius 3 is 2.68 bits per heavy atom. The molecular weight excluding hydrogens is 372 g/mol. The molecule has 1 aliphatic rings. The first kappa shape index (κ1) is 18.7. The molecule has 7 heteroatoms. The fourth-order valence-electron chi connectivity index (χ4n) is 3.82. The third kappa shape index (κ3) is 3.67. The van der Waals surface area contributed by atoms with Gasteiger partial charge in [0.25, 0.3) is 5.91 Å². The summed E-state index contributed by atoms with van der Waals surface area (Å²) in [4.78, 5) is 32.3. The lowest BCUT2D eigenvalue weighted by Crippen LogP contribution is -2.42. The number of carbonyl (C=O) groups excluding carboxylic acids is 2.